The molecular weight excluding hydrogens is 527 g/mol. The first-order valence-electron chi connectivity index (χ1n) is 10.1. The summed E-state index contributed by atoms with van der Waals surface area (Å²) in [6.45, 7) is 5.98. The highest BCUT2D eigenvalue weighted by atomic mass is 127. The first kappa shape index (κ1) is 27.3. The van der Waals surface area contributed by atoms with Crippen LogP contribution < -0.4 is 15.4 Å². The predicted octanol–water partition coefficient (Wildman–Crippen LogP) is 3.22. The molecule has 172 valence electrons. The maximum absolute atomic E-state index is 12.3. The Labute approximate surface area is 203 Å². The van der Waals surface area contributed by atoms with E-state index in [0.29, 0.717) is 25.7 Å². The number of benzene rings is 2. The van der Waals surface area contributed by atoms with Crippen LogP contribution in [0.3, 0.4) is 0 Å². The highest BCUT2D eigenvalue weighted by molar-refractivity contribution is 14.0. The standard InChI is InChI=1S/C22H32N4O3S.HI/c1-18-10-12-21(13-11-18)30(27,28)26-16-15-25-22(23-3)24-14-7-17-29-19(2)20-8-5-4-6-9-20;/h4-6,8-13,19,26H,7,14-17H2,1-3H3,(H2,23,24,25);1H. The van der Waals surface area contributed by atoms with Gasteiger partial charge in [-0.3, -0.25) is 4.99 Å². The van der Waals surface area contributed by atoms with Crippen LogP contribution in [0.1, 0.15) is 30.6 Å². The fraction of sp³-hybridized carbons (Fsp3) is 0.409. The molecule has 0 radical (unpaired) electrons. The van der Waals surface area contributed by atoms with E-state index in [1.807, 2.05) is 32.0 Å². The summed E-state index contributed by atoms with van der Waals surface area (Å²) in [4.78, 5) is 4.41. The molecule has 0 saturated carbocycles. The van der Waals surface area contributed by atoms with Crippen molar-refractivity contribution in [2.24, 2.45) is 4.99 Å². The second-order valence-electron chi connectivity index (χ2n) is 6.91. The van der Waals surface area contributed by atoms with Gasteiger partial charge in [-0.2, -0.15) is 0 Å². The molecule has 2 rings (SSSR count). The Balaban J connectivity index is 0.00000480. The predicted molar refractivity (Wildman–Crippen MR) is 137 cm³/mol. The number of nitrogens with zero attached hydrogens (tertiary/aromatic N) is 1. The van der Waals surface area contributed by atoms with Crippen LogP contribution in [0.4, 0.5) is 0 Å². The fourth-order valence-corrected chi connectivity index (χ4v) is 3.78. The number of rotatable bonds is 11. The van der Waals surface area contributed by atoms with Crippen LogP contribution in [0.15, 0.2) is 64.5 Å². The van der Waals surface area contributed by atoms with E-state index in [-0.39, 0.29) is 41.5 Å². The number of sulfonamides is 1. The Kier molecular flexibility index (Phi) is 12.7. The SMILES string of the molecule is CN=C(NCCCOC(C)c1ccccc1)NCCNS(=O)(=O)c1ccc(C)cc1.I. The van der Waals surface area contributed by atoms with Gasteiger partial charge in [0.15, 0.2) is 5.96 Å². The second-order valence-corrected chi connectivity index (χ2v) is 8.68. The van der Waals surface area contributed by atoms with Crippen molar-refractivity contribution < 1.29 is 13.2 Å². The summed E-state index contributed by atoms with van der Waals surface area (Å²) >= 11 is 0. The van der Waals surface area contributed by atoms with Crippen LogP contribution in [0.25, 0.3) is 0 Å². The second kappa shape index (κ2) is 14.4. The lowest BCUT2D eigenvalue weighted by atomic mass is 10.1. The quantitative estimate of drug-likeness (QED) is 0.170. The Bertz CT molecular complexity index is 891. The smallest absolute Gasteiger partial charge is 0.240 e. The van der Waals surface area contributed by atoms with Crippen molar-refractivity contribution in [1.29, 1.82) is 0 Å². The van der Waals surface area contributed by atoms with E-state index >= 15 is 0 Å². The van der Waals surface area contributed by atoms with Crippen LogP contribution in [0.5, 0.6) is 0 Å². The van der Waals surface area contributed by atoms with E-state index in [4.69, 9.17) is 4.74 Å². The molecule has 1 atom stereocenters. The molecule has 31 heavy (non-hydrogen) atoms. The number of hydrogen-bond donors (Lipinski definition) is 3. The summed E-state index contributed by atoms with van der Waals surface area (Å²) < 4.78 is 33.0. The van der Waals surface area contributed by atoms with Crippen LogP contribution >= 0.6 is 24.0 Å². The van der Waals surface area contributed by atoms with E-state index < -0.39 is 10.0 Å². The van der Waals surface area contributed by atoms with Gasteiger partial charge in [0.25, 0.3) is 0 Å². The minimum Gasteiger partial charge on any atom is -0.374 e. The maximum atomic E-state index is 12.3. The first-order chi connectivity index (χ1) is 14.4. The largest absolute Gasteiger partial charge is 0.374 e. The minimum atomic E-state index is -3.50. The molecular formula is C22H33IN4O3S. The van der Waals surface area contributed by atoms with Gasteiger partial charge in [0.05, 0.1) is 11.0 Å². The zero-order chi connectivity index (χ0) is 21.8. The van der Waals surface area contributed by atoms with E-state index in [2.05, 4.69) is 32.5 Å². The lowest BCUT2D eigenvalue weighted by Crippen LogP contribution is -2.42. The summed E-state index contributed by atoms with van der Waals surface area (Å²) in [6, 6.07) is 16.9. The van der Waals surface area contributed by atoms with Crippen molar-refractivity contribution in [1.82, 2.24) is 15.4 Å². The third-order valence-electron chi connectivity index (χ3n) is 4.51. The molecule has 0 heterocycles. The highest BCUT2D eigenvalue weighted by Gasteiger charge is 2.12. The number of hydrogen-bond acceptors (Lipinski definition) is 4. The molecule has 0 saturated heterocycles. The Morgan fingerprint density at radius 3 is 2.29 bits per heavy atom. The molecule has 0 aliphatic rings. The van der Waals surface area contributed by atoms with Crippen molar-refractivity contribution >= 4 is 40.0 Å². The zero-order valence-electron chi connectivity index (χ0n) is 18.3. The van der Waals surface area contributed by atoms with Gasteiger partial charge in [-0.05, 0) is 38.0 Å². The van der Waals surface area contributed by atoms with Crippen molar-refractivity contribution in [2.45, 2.75) is 31.3 Å². The van der Waals surface area contributed by atoms with Gasteiger partial charge in [-0.1, -0.05) is 48.0 Å². The zero-order valence-corrected chi connectivity index (χ0v) is 21.4. The Morgan fingerprint density at radius 1 is 1.00 bits per heavy atom. The van der Waals surface area contributed by atoms with Gasteiger partial charge < -0.3 is 15.4 Å². The summed E-state index contributed by atoms with van der Waals surface area (Å²) in [7, 11) is -1.82. The molecule has 0 bridgehead atoms. The van der Waals surface area contributed by atoms with E-state index in [1.54, 1.807) is 31.3 Å². The number of guanidine groups is 1. The van der Waals surface area contributed by atoms with Gasteiger partial charge >= 0.3 is 0 Å². The third kappa shape index (κ3) is 9.98. The molecule has 2 aromatic carbocycles. The summed E-state index contributed by atoms with van der Waals surface area (Å²) in [5, 5.41) is 6.30. The van der Waals surface area contributed by atoms with Gasteiger partial charge in [0.2, 0.25) is 10.0 Å². The molecule has 1 unspecified atom stereocenters. The van der Waals surface area contributed by atoms with Crippen LogP contribution in [-0.4, -0.2) is 47.7 Å². The summed E-state index contributed by atoms with van der Waals surface area (Å²) in [6.07, 6.45) is 0.892. The van der Waals surface area contributed by atoms with Gasteiger partial charge in [0.1, 0.15) is 0 Å². The normalized spacial score (nSPS) is 12.7. The molecule has 2 aromatic rings. The minimum absolute atomic E-state index is 0. The number of aliphatic imine (C=N–C) groups is 1. The summed E-state index contributed by atoms with van der Waals surface area (Å²) in [5.41, 5.74) is 2.18. The van der Waals surface area contributed by atoms with Crippen molar-refractivity contribution in [3.63, 3.8) is 0 Å². The third-order valence-corrected chi connectivity index (χ3v) is 5.99. The number of halogens is 1. The molecule has 0 fully saturated rings. The Hall–Kier alpha value is -1.69. The average molecular weight is 561 g/mol. The highest BCUT2D eigenvalue weighted by Crippen LogP contribution is 2.15. The summed E-state index contributed by atoms with van der Waals surface area (Å²) in [5.74, 6) is 0.626. The Morgan fingerprint density at radius 2 is 1.65 bits per heavy atom. The van der Waals surface area contributed by atoms with E-state index in [9.17, 15) is 8.42 Å². The molecule has 9 heteroatoms. The molecule has 3 N–H and O–H groups in total. The van der Waals surface area contributed by atoms with Crippen LogP contribution in [0, 0.1) is 6.92 Å². The van der Waals surface area contributed by atoms with Gasteiger partial charge in [0, 0.05) is 33.3 Å². The molecule has 0 aliphatic heterocycles. The molecule has 0 spiro atoms. The molecule has 0 amide bonds. The average Bonchev–Trinajstić information content (AvgIpc) is 2.75. The monoisotopic (exact) mass is 560 g/mol. The molecule has 0 aromatic heterocycles. The fourth-order valence-electron chi connectivity index (χ4n) is 2.75. The number of ether oxygens (including phenoxy) is 1. The van der Waals surface area contributed by atoms with Crippen molar-refractivity contribution in [3.8, 4) is 0 Å². The number of nitrogens with one attached hydrogen (secondary N) is 3. The lowest BCUT2D eigenvalue weighted by Gasteiger charge is -2.15. The van der Waals surface area contributed by atoms with Crippen LogP contribution in [-0.2, 0) is 14.8 Å². The van der Waals surface area contributed by atoms with Gasteiger partial charge in [-0.25, -0.2) is 13.1 Å². The van der Waals surface area contributed by atoms with E-state index in [1.165, 1.54) is 0 Å². The maximum Gasteiger partial charge on any atom is 0.240 e. The molecule has 7 nitrogen and oxygen atoms in total. The topological polar surface area (TPSA) is 91.8 Å². The van der Waals surface area contributed by atoms with Crippen molar-refractivity contribution in [2.75, 3.05) is 33.3 Å². The lowest BCUT2D eigenvalue weighted by molar-refractivity contribution is 0.0646. The van der Waals surface area contributed by atoms with Gasteiger partial charge in [-0.15, -0.1) is 24.0 Å². The molecule has 0 aliphatic carbocycles. The van der Waals surface area contributed by atoms with Crippen LogP contribution in [0.2, 0.25) is 0 Å². The first-order valence-corrected chi connectivity index (χ1v) is 11.6. The van der Waals surface area contributed by atoms with E-state index in [0.717, 1.165) is 17.5 Å². The van der Waals surface area contributed by atoms with Crippen molar-refractivity contribution in [3.05, 3.63) is 65.7 Å². The number of aryl methyl sites for hydroxylation is 1.